The van der Waals surface area contributed by atoms with Gasteiger partial charge in [0.25, 0.3) is 0 Å². The highest BCUT2D eigenvalue weighted by Gasteiger charge is 2.25. The second-order valence-corrected chi connectivity index (χ2v) is 7.51. The predicted octanol–water partition coefficient (Wildman–Crippen LogP) is 4.76. The van der Waals surface area contributed by atoms with Gasteiger partial charge in [0.05, 0.1) is 6.20 Å². The zero-order valence-electron chi connectivity index (χ0n) is 16.9. The lowest BCUT2D eigenvalue weighted by molar-refractivity contribution is 0.440. The van der Waals surface area contributed by atoms with Crippen LogP contribution in [0.4, 0.5) is 4.39 Å². The third-order valence-corrected chi connectivity index (χ3v) is 5.49. The Hall–Kier alpha value is -3.58. The number of halogens is 1. The summed E-state index contributed by atoms with van der Waals surface area (Å²) in [5, 5.41) is 8.12. The Bertz CT molecular complexity index is 1160. The number of para-hydroxylation sites is 1. The van der Waals surface area contributed by atoms with Gasteiger partial charge in [-0.25, -0.2) is 19.0 Å². The summed E-state index contributed by atoms with van der Waals surface area (Å²) in [6.07, 6.45) is 8.13. The average Bonchev–Trinajstić information content (AvgIpc) is 3.24. The number of ether oxygens (including phenoxy) is 1. The van der Waals surface area contributed by atoms with Crippen LogP contribution in [-0.2, 0) is 13.0 Å². The normalized spacial score (nSPS) is 15.5. The molecule has 1 aliphatic rings. The molecule has 0 unspecified atom stereocenters. The maximum absolute atomic E-state index is 14.3. The lowest BCUT2D eigenvalue weighted by atomic mass is 9.92. The fourth-order valence-corrected chi connectivity index (χ4v) is 3.96. The highest BCUT2D eigenvalue weighted by molar-refractivity contribution is 5.38. The van der Waals surface area contributed by atoms with E-state index in [1.54, 1.807) is 35.3 Å². The van der Waals surface area contributed by atoms with E-state index in [0.717, 1.165) is 42.6 Å². The van der Waals surface area contributed by atoms with E-state index in [1.165, 1.54) is 6.07 Å². The molecule has 0 bridgehead atoms. The number of rotatable bonds is 6. The summed E-state index contributed by atoms with van der Waals surface area (Å²) in [5.74, 6) is 0.438. The SMILES string of the molecule is Fc1ccccc1-n1ncc2c1CCC[C@H]2NCc1ccc(Oc2ncccn2)cc1. The summed E-state index contributed by atoms with van der Waals surface area (Å²) in [6, 6.07) is 16.9. The zero-order valence-corrected chi connectivity index (χ0v) is 16.9. The number of hydrogen-bond acceptors (Lipinski definition) is 5. The molecule has 1 atom stereocenters. The largest absolute Gasteiger partial charge is 0.424 e. The van der Waals surface area contributed by atoms with Crippen molar-refractivity contribution >= 4 is 0 Å². The van der Waals surface area contributed by atoms with E-state index in [9.17, 15) is 4.39 Å². The number of nitrogens with one attached hydrogen (secondary N) is 1. The molecule has 4 aromatic rings. The third-order valence-electron chi connectivity index (χ3n) is 5.49. The highest BCUT2D eigenvalue weighted by atomic mass is 19.1. The minimum Gasteiger partial charge on any atom is -0.424 e. The van der Waals surface area contributed by atoms with Gasteiger partial charge in [0, 0.05) is 36.2 Å². The van der Waals surface area contributed by atoms with Crippen molar-refractivity contribution in [2.24, 2.45) is 0 Å². The van der Waals surface area contributed by atoms with Crippen molar-refractivity contribution in [1.29, 1.82) is 0 Å². The Kier molecular flexibility index (Phi) is 5.41. The smallest absolute Gasteiger partial charge is 0.321 e. The molecule has 1 aliphatic carbocycles. The number of nitrogens with zero attached hydrogens (tertiary/aromatic N) is 4. The number of fused-ring (bicyclic) bond motifs is 1. The number of hydrogen-bond donors (Lipinski definition) is 1. The van der Waals surface area contributed by atoms with Crippen molar-refractivity contribution in [3.8, 4) is 17.4 Å². The lowest BCUT2D eigenvalue weighted by Gasteiger charge is -2.24. The Balaban J connectivity index is 1.27. The van der Waals surface area contributed by atoms with Crippen molar-refractivity contribution in [3.63, 3.8) is 0 Å². The van der Waals surface area contributed by atoms with Crippen LogP contribution in [0.25, 0.3) is 5.69 Å². The lowest BCUT2D eigenvalue weighted by Crippen LogP contribution is -2.25. The van der Waals surface area contributed by atoms with E-state index in [-0.39, 0.29) is 11.9 Å². The van der Waals surface area contributed by atoms with E-state index >= 15 is 0 Å². The van der Waals surface area contributed by atoms with Crippen molar-refractivity contribution in [2.75, 3.05) is 0 Å². The molecule has 1 N–H and O–H groups in total. The summed E-state index contributed by atoms with van der Waals surface area (Å²) in [7, 11) is 0. The molecule has 0 fully saturated rings. The van der Waals surface area contributed by atoms with E-state index in [0.29, 0.717) is 17.4 Å². The highest BCUT2D eigenvalue weighted by Crippen LogP contribution is 2.32. The van der Waals surface area contributed by atoms with Gasteiger partial charge in [-0.15, -0.1) is 0 Å². The molecule has 2 aromatic heterocycles. The van der Waals surface area contributed by atoms with Crippen LogP contribution in [0.15, 0.2) is 73.2 Å². The molecular formula is C24H22FN5O. The van der Waals surface area contributed by atoms with Gasteiger partial charge < -0.3 is 10.1 Å². The summed E-state index contributed by atoms with van der Waals surface area (Å²) in [5.41, 5.74) is 3.88. The molecule has 2 aromatic carbocycles. The van der Waals surface area contributed by atoms with Crippen molar-refractivity contribution in [2.45, 2.75) is 31.8 Å². The second-order valence-electron chi connectivity index (χ2n) is 7.51. The van der Waals surface area contributed by atoms with E-state index in [1.807, 2.05) is 36.5 Å². The first-order valence-electron chi connectivity index (χ1n) is 10.4. The van der Waals surface area contributed by atoms with E-state index in [2.05, 4.69) is 20.4 Å². The summed E-state index contributed by atoms with van der Waals surface area (Å²) in [6.45, 7) is 0.719. The number of aromatic nitrogens is 4. The molecule has 0 saturated heterocycles. The summed E-state index contributed by atoms with van der Waals surface area (Å²) >= 11 is 0. The first kappa shape index (κ1) is 19.4. The maximum Gasteiger partial charge on any atom is 0.321 e. The van der Waals surface area contributed by atoms with Crippen LogP contribution in [0.1, 0.15) is 35.7 Å². The van der Waals surface area contributed by atoms with Crippen LogP contribution in [-0.4, -0.2) is 19.7 Å². The molecule has 2 heterocycles. The fourth-order valence-electron chi connectivity index (χ4n) is 3.96. The molecule has 0 radical (unpaired) electrons. The monoisotopic (exact) mass is 415 g/mol. The quantitative estimate of drug-likeness (QED) is 0.492. The van der Waals surface area contributed by atoms with Gasteiger partial charge in [0.1, 0.15) is 17.3 Å². The van der Waals surface area contributed by atoms with Gasteiger partial charge >= 0.3 is 6.01 Å². The molecule has 0 aliphatic heterocycles. The summed E-state index contributed by atoms with van der Waals surface area (Å²) < 4.78 is 21.7. The van der Waals surface area contributed by atoms with Gasteiger partial charge in [-0.3, -0.25) is 0 Å². The third kappa shape index (κ3) is 4.18. The molecule has 156 valence electrons. The van der Waals surface area contributed by atoms with Crippen LogP contribution in [0, 0.1) is 5.82 Å². The molecule has 7 heteroatoms. The Morgan fingerprint density at radius 3 is 2.65 bits per heavy atom. The van der Waals surface area contributed by atoms with Crippen molar-refractivity contribution < 1.29 is 9.13 Å². The summed E-state index contributed by atoms with van der Waals surface area (Å²) in [4.78, 5) is 8.14. The standard InChI is InChI=1S/C24H22FN5O/c25-20-5-1-2-7-23(20)30-22-8-3-6-21(19(22)16-29-30)28-15-17-9-11-18(12-10-17)31-24-26-13-4-14-27-24/h1-2,4-5,7,9-14,16,21,28H,3,6,8,15H2/t21-/m1/s1. The van der Waals surface area contributed by atoms with E-state index in [4.69, 9.17) is 4.74 Å². The van der Waals surface area contributed by atoms with Crippen LogP contribution >= 0.6 is 0 Å². The Morgan fingerprint density at radius 2 is 1.84 bits per heavy atom. The average molecular weight is 415 g/mol. The Labute approximate surface area is 179 Å². The maximum atomic E-state index is 14.3. The predicted molar refractivity (Wildman–Crippen MR) is 115 cm³/mol. The molecule has 6 nitrogen and oxygen atoms in total. The minimum absolute atomic E-state index is 0.193. The van der Waals surface area contributed by atoms with Crippen molar-refractivity contribution in [1.82, 2.24) is 25.1 Å². The van der Waals surface area contributed by atoms with Crippen LogP contribution < -0.4 is 10.1 Å². The molecule has 0 amide bonds. The van der Waals surface area contributed by atoms with Gasteiger partial charge in [0.2, 0.25) is 0 Å². The zero-order chi connectivity index (χ0) is 21.0. The molecule has 5 rings (SSSR count). The molecule has 0 saturated carbocycles. The van der Waals surface area contributed by atoms with Gasteiger partial charge in [-0.2, -0.15) is 5.10 Å². The van der Waals surface area contributed by atoms with Gasteiger partial charge in [-0.05, 0) is 55.2 Å². The van der Waals surface area contributed by atoms with Crippen molar-refractivity contribution in [3.05, 3.63) is 95.8 Å². The second kappa shape index (κ2) is 8.65. The number of benzene rings is 2. The fraction of sp³-hybridized carbons (Fsp3) is 0.208. The molecular weight excluding hydrogens is 393 g/mol. The first-order chi connectivity index (χ1) is 15.3. The van der Waals surface area contributed by atoms with Gasteiger partial charge in [-0.1, -0.05) is 24.3 Å². The first-order valence-corrected chi connectivity index (χ1v) is 10.4. The topological polar surface area (TPSA) is 64.9 Å². The molecule has 31 heavy (non-hydrogen) atoms. The minimum atomic E-state index is -0.258. The molecule has 0 spiro atoms. The van der Waals surface area contributed by atoms with Gasteiger partial charge in [0.15, 0.2) is 0 Å². The van der Waals surface area contributed by atoms with E-state index < -0.39 is 0 Å². The van der Waals surface area contributed by atoms with Crippen LogP contribution in [0.5, 0.6) is 11.8 Å². The Morgan fingerprint density at radius 1 is 1.03 bits per heavy atom. The van der Waals surface area contributed by atoms with Crippen LogP contribution in [0.3, 0.4) is 0 Å². The van der Waals surface area contributed by atoms with Crippen LogP contribution in [0.2, 0.25) is 0 Å².